The van der Waals surface area contributed by atoms with Gasteiger partial charge in [-0.3, -0.25) is 9.59 Å². The highest BCUT2D eigenvalue weighted by Gasteiger charge is 2.32. The van der Waals surface area contributed by atoms with Gasteiger partial charge in [-0.25, -0.2) is 4.31 Å². The molecule has 0 saturated heterocycles. The summed E-state index contributed by atoms with van der Waals surface area (Å²) >= 11 is 0. The lowest BCUT2D eigenvalue weighted by molar-refractivity contribution is -0.139. The molecule has 0 heterocycles. The summed E-state index contributed by atoms with van der Waals surface area (Å²) in [5.41, 5.74) is 1.21. The van der Waals surface area contributed by atoms with Crippen LogP contribution in [0.25, 0.3) is 0 Å². The maximum Gasteiger partial charge on any atom is 0.304 e. The lowest BCUT2D eigenvalue weighted by atomic mass is 10.1. The van der Waals surface area contributed by atoms with E-state index in [1.165, 1.54) is 19.0 Å². The Morgan fingerprint density at radius 3 is 2.03 bits per heavy atom. The highest BCUT2D eigenvalue weighted by molar-refractivity contribution is 7.90. The van der Waals surface area contributed by atoms with E-state index in [-0.39, 0.29) is 12.5 Å². The monoisotopic (exact) mass is 446 g/mol. The average Bonchev–Trinajstić information content (AvgIpc) is 2.76. The van der Waals surface area contributed by atoms with Gasteiger partial charge in [-0.05, 0) is 31.5 Å². The first-order valence-electron chi connectivity index (χ1n) is 10.0. The summed E-state index contributed by atoms with van der Waals surface area (Å²) in [5, 5.41) is 2.73. The number of hydrogen-bond acceptors (Lipinski definition) is 4. The Kier molecular flexibility index (Phi) is 8.58. The molecule has 0 aliphatic rings. The molecular weight excluding hydrogens is 416 g/mol. The van der Waals surface area contributed by atoms with Crippen LogP contribution in [0.4, 0.5) is 5.69 Å². The highest BCUT2D eigenvalue weighted by Crippen LogP contribution is 2.20. The summed E-state index contributed by atoms with van der Waals surface area (Å²) < 4.78 is 28.0. The predicted octanol–water partition coefficient (Wildman–Crippen LogP) is 1.85. The van der Waals surface area contributed by atoms with Gasteiger partial charge in [0.05, 0.1) is 5.69 Å². The quantitative estimate of drug-likeness (QED) is 0.603. The van der Waals surface area contributed by atoms with Crippen LogP contribution in [-0.4, -0.2) is 62.7 Å². The van der Waals surface area contributed by atoms with Crippen LogP contribution in [0.5, 0.6) is 0 Å². The number of anilines is 1. The second kappa shape index (κ2) is 10.9. The number of rotatable bonds is 10. The van der Waals surface area contributed by atoms with E-state index in [2.05, 4.69) is 5.32 Å². The summed E-state index contributed by atoms with van der Waals surface area (Å²) in [7, 11) is -1.11. The van der Waals surface area contributed by atoms with Gasteiger partial charge in [0.25, 0.3) is 0 Å². The predicted molar refractivity (Wildman–Crippen MR) is 122 cm³/mol. The van der Waals surface area contributed by atoms with Gasteiger partial charge < -0.3 is 10.2 Å². The van der Waals surface area contributed by atoms with E-state index < -0.39 is 28.7 Å². The fourth-order valence-corrected chi connectivity index (χ4v) is 4.05. The Balaban J connectivity index is 2.39. The van der Waals surface area contributed by atoms with E-state index in [1.807, 2.05) is 30.3 Å². The van der Waals surface area contributed by atoms with Crippen LogP contribution < -0.4 is 9.62 Å². The maximum absolute atomic E-state index is 13.4. The van der Waals surface area contributed by atoms with E-state index in [0.29, 0.717) is 12.2 Å². The molecule has 0 aliphatic carbocycles. The third kappa shape index (κ3) is 6.28. The van der Waals surface area contributed by atoms with Crippen molar-refractivity contribution in [2.45, 2.75) is 26.4 Å². The Morgan fingerprint density at radius 1 is 0.968 bits per heavy atom. The summed E-state index contributed by atoms with van der Waals surface area (Å²) in [6.45, 7) is 3.62. The summed E-state index contributed by atoms with van der Waals surface area (Å²) in [6, 6.07) is 16.9. The van der Waals surface area contributed by atoms with Gasteiger partial charge in [-0.15, -0.1) is 0 Å². The molecule has 0 aliphatic heterocycles. The molecule has 8 nitrogen and oxygen atoms in total. The van der Waals surface area contributed by atoms with Crippen LogP contribution in [0.2, 0.25) is 0 Å². The van der Waals surface area contributed by atoms with Gasteiger partial charge in [-0.1, -0.05) is 48.5 Å². The number of para-hydroxylation sites is 1. The van der Waals surface area contributed by atoms with Crippen molar-refractivity contribution in [2.75, 3.05) is 31.5 Å². The van der Waals surface area contributed by atoms with Crippen molar-refractivity contribution in [2.24, 2.45) is 0 Å². The van der Waals surface area contributed by atoms with Crippen LogP contribution >= 0.6 is 0 Å². The van der Waals surface area contributed by atoms with Crippen molar-refractivity contribution in [1.82, 2.24) is 14.5 Å². The second-order valence-electron chi connectivity index (χ2n) is 7.21. The number of nitrogens with zero attached hydrogens (tertiary/aromatic N) is 3. The fourth-order valence-electron chi connectivity index (χ4n) is 3.00. The normalized spacial score (nSPS) is 12.3. The number of amides is 2. The average molecular weight is 447 g/mol. The smallest absolute Gasteiger partial charge is 0.304 e. The van der Waals surface area contributed by atoms with Crippen LogP contribution in [0.15, 0.2) is 60.7 Å². The second-order valence-corrected chi connectivity index (χ2v) is 9.28. The Morgan fingerprint density at radius 2 is 1.52 bits per heavy atom. The molecule has 31 heavy (non-hydrogen) atoms. The standard InChI is InChI=1S/C22H30N4O4S/c1-5-23-22(28)18(2)25(16-19-12-8-6-9-13-19)21(27)17-26(31(29,30)24(3)4)20-14-10-7-11-15-20/h6-15,18H,5,16-17H2,1-4H3,(H,23,28)/t18-/m0/s1. The van der Waals surface area contributed by atoms with Crippen molar-refractivity contribution < 1.29 is 18.0 Å². The van der Waals surface area contributed by atoms with Gasteiger partial charge in [0.1, 0.15) is 12.6 Å². The number of likely N-dealkylation sites (N-methyl/N-ethyl adjacent to an activating group) is 1. The Hall–Kier alpha value is -2.91. The number of carbonyl (C=O) groups is 2. The van der Waals surface area contributed by atoms with Crippen molar-refractivity contribution in [3.05, 3.63) is 66.2 Å². The van der Waals surface area contributed by atoms with Gasteiger partial charge in [0.2, 0.25) is 11.8 Å². The lowest BCUT2D eigenvalue weighted by Crippen LogP contribution is -2.52. The van der Waals surface area contributed by atoms with Crippen LogP contribution in [-0.2, 0) is 26.3 Å². The number of benzene rings is 2. The zero-order valence-corrected chi connectivity index (χ0v) is 19.2. The molecule has 2 aromatic carbocycles. The number of hydrogen-bond donors (Lipinski definition) is 1. The molecule has 0 saturated carbocycles. The maximum atomic E-state index is 13.4. The SMILES string of the molecule is CCNC(=O)[C@H](C)N(Cc1ccccc1)C(=O)CN(c1ccccc1)S(=O)(=O)N(C)C. The largest absolute Gasteiger partial charge is 0.355 e. The van der Waals surface area contributed by atoms with E-state index in [9.17, 15) is 18.0 Å². The molecule has 2 amide bonds. The van der Waals surface area contributed by atoms with Crippen LogP contribution in [0.3, 0.4) is 0 Å². The topological polar surface area (TPSA) is 90.0 Å². The molecule has 1 atom stereocenters. The van der Waals surface area contributed by atoms with Crippen molar-refractivity contribution in [3.63, 3.8) is 0 Å². The molecule has 0 spiro atoms. The van der Waals surface area contributed by atoms with Crippen molar-refractivity contribution in [1.29, 1.82) is 0 Å². The summed E-state index contributed by atoms with van der Waals surface area (Å²) in [6.07, 6.45) is 0. The minimum absolute atomic E-state index is 0.183. The Labute approximate surface area is 184 Å². The van der Waals surface area contributed by atoms with Crippen molar-refractivity contribution in [3.8, 4) is 0 Å². The van der Waals surface area contributed by atoms with Crippen molar-refractivity contribution >= 4 is 27.7 Å². The van der Waals surface area contributed by atoms with Gasteiger partial charge in [-0.2, -0.15) is 12.7 Å². The zero-order valence-electron chi connectivity index (χ0n) is 18.4. The zero-order chi connectivity index (χ0) is 23.0. The third-order valence-electron chi connectivity index (χ3n) is 4.78. The van der Waals surface area contributed by atoms with Gasteiger partial charge >= 0.3 is 10.2 Å². The first kappa shape index (κ1) is 24.4. The molecule has 0 fully saturated rings. The fraction of sp³-hybridized carbons (Fsp3) is 0.364. The molecular formula is C22H30N4O4S. The number of carbonyl (C=O) groups excluding carboxylic acids is 2. The molecule has 0 bridgehead atoms. The molecule has 1 N–H and O–H groups in total. The molecule has 9 heteroatoms. The third-order valence-corrected chi connectivity index (χ3v) is 6.60. The molecule has 0 radical (unpaired) electrons. The van der Waals surface area contributed by atoms with E-state index >= 15 is 0 Å². The Bertz CT molecular complexity index is 966. The minimum Gasteiger partial charge on any atom is -0.355 e. The van der Waals surface area contributed by atoms with E-state index in [4.69, 9.17) is 0 Å². The first-order chi connectivity index (χ1) is 14.7. The molecule has 0 unspecified atom stereocenters. The molecule has 168 valence electrons. The van der Waals surface area contributed by atoms with Gasteiger partial charge in [0, 0.05) is 27.2 Å². The minimum atomic E-state index is -3.93. The number of nitrogens with one attached hydrogen (secondary N) is 1. The molecule has 0 aromatic heterocycles. The summed E-state index contributed by atoms with van der Waals surface area (Å²) in [4.78, 5) is 27.3. The van der Waals surface area contributed by atoms with Crippen LogP contribution in [0.1, 0.15) is 19.4 Å². The van der Waals surface area contributed by atoms with E-state index in [0.717, 1.165) is 14.2 Å². The lowest BCUT2D eigenvalue weighted by Gasteiger charge is -2.32. The molecule has 2 rings (SSSR count). The van der Waals surface area contributed by atoms with Gasteiger partial charge in [0.15, 0.2) is 0 Å². The first-order valence-corrected chi connectivity index (χ1v) is 11.4. The summed E-state index contributed by atoms with van der Waals surface area (Å²) in [5.74, 6) is -0.773. The van der Waals surface area contributed by atoms with Crippen LogP contribution in [0, 0.1) is 0 Å². The molecule has 2 aromatic rings. The highest BCUT2D eigenvalue weighted by atomic mass is 32.2. The van der Waals surface area contributed by atoms with E-state index in [1.54, 1.807) is 44.2 Å².